The molecule has 0 N–H and O–H groups in total. The molecule has 0 bridgehead atoms. The van der Waals surface area contributed by atoms with Gasteiger partial charge in [-0.15, -0.1) is 0 Å². The van der Waals surface area contributed by atoms with Gasteiger partial charge in [-0.25, -0.2) is 0 Å². The van der Waals surface area contributed by atoms with Crippen molar-refractivity contribution in [1.82, 2.24) is 0 Å². The number of ether oxygens (including phenoxy) is 1. The summed E-state index contributed by atoms with van der Waals surface area (Å²) in [5.74, 6) is 0.960. The highest BCUT2D eigenvalue weighted by Crippen LogP contribution is 2.44. The molecule has 0 saturated carbocycles. The van der Waals surface area contributed by atoms with E-state index in [4.69, 9.17) is 4.74 Å². The van der Waals surface area contributed by atoms with Crippen LogP contribution in [0, 0.1) is 6.92 Å². The van der Waals surface area contributed by atoms with E-state index in [1.807, 2.05) is 37.5 Å². The second-order valence-electron chi connectivity index (χ2n) is 7.50. The maximum absolute atomic E-state index is 6.22. The Morgan fingerprint density at radius 1 is 0.964 bits per heavy atom. The monoisotopic (exact) mass is 389 g/mol. The van der Waals surface area contributed by atoms with E-state index in [1.165, 1.54) is 27.6 Å². The Morgan fingerprint density at radius 3 is 2.43 bits per heavy atom. The molecule has 28 heavy (non-hydrogen) atoms. The Kier molecular flexibility index (Phi) is 6.65. The van der Waals surface area contributed by atoms with Crippen molar-refractivity contribution in [2.24, 2.45) is 4.99 Å². The zero-order valence-electron chi connectivity index (χ0n) is 17.1. The fourth-order valence-corrected chi connectivity index (χ4v) is 4.75. The minimum absolute atomic E-state index is 0.0428. The second kappa shape index (κ2) is 9.17. The topological polar surface area (TPSA) is 21.6 Å². The van der Waals surface area contributed by atoms with Gasteiger partial charge in [-0.1, -0.05) is 88.7 Å². The number of aliphatic imine (C=N–C) groups is 1. The van der Waals surface area contributed by atoms with Crippen molar-refractivity contribution in [3.05, 3.63) is 95.1 Å². The Bertz CT molecular complexity index is 948. The van der Waals surface area contributed by atoms with Crippen molar-refractivity contribution in [2.75, 3.05) is 7.05 Å². The maximum atomic E-state index is 6.22. The van der Waals surface area contributed by atoms with Gasteiger partial charge in [-0.2, -0.15) is 0 Å². The van der Waals surface area contributed by atoms with E-state index < -0.39 is 0 Å². The lowest BCUT2D eigenvalue weighted by molar-refractivity contribution is 0.301. The molecule has 3 aromatic rings. The van der Waals surface area contributed by atoms with Gasteiger partial charge < -0.3 is 4.74 Å². The lowest BCUT2D eigenvalue weighted by Gasteiger charge is -2.28. The first-order valence-electron chi connectivity index (χ1n) is 9.57. The summed E-state index contributed by atoms with van der Waals surface area (Å²) in [4.78, 5) is 4.25. The third-order valence-electron chi connectivity index (χ3n) is 4.72. The average Bonchev–Trinajstić information content (AvgIpc) is 2.70. The number of aryl methyl sites for hydroxylation is 1. The van der Waals surface area contributed by atoms with E-state index >= 15 is 0 Å². The summed E-state index contributed by atoms with van der Waals surface area (Å²) >= 11 is 0. The standard InChI is InChI=1S/C25H28NOP/c1-19-14-15-24(21(16-19)17-26-4)28-25(2,3)22-12-8-9-13-23(22)27-18-20-10-6-5-7-11-20/h5-17,28H,18H2,1-4H3/b26-17+. The van der Waals surface area contributed by atoms with Crippen LogP contribution in [0.1, 0.15) is 36.1 Å². The Balaban J connectivity index is 1.86. The fraction of sp³-hybridized carbons (Fsp3) is 0.240. The van der Waals surface area contributed by atoms with Crippen molar-refractivity contribution in [1.29, 1.82) is 0 Å². The van der Waals surface area contributed by atoms with E-state index in [9.17, 15) is 0 Å². The van der Waals surface area contributed by atoms with Gasteiger partial charge in [0.25, 0.3) is 0 Å². The smallest absolute Gasteiger partial charge is 0.123 e. The lowest BCUT2D eigenvalue weighted by atomic mass is 10.0. The molecule has 1 atom stereocenters. The number of para-hydroxylation sites is 1. The van der Waals surface area contributed by atoms with Crippen LogP contribution in [0.5, 0.6) is 5.75 Å². The van der Waals surface area contributed by atoms with Gasteiger partial charge in [0.05, 0.1) is 0 Å². The van der Waals surface area contributed by atoms with Gasteiger partial charge in [0, 0.05) is 24.0 Å². The third kappa shape index (κ3) is 5.09. The van der Waals surface area contributed by atoms with Crippen molar-refractivity contribution < 1.29 is 4.74 Å². The Hall–Kier alpha value is -2.44. The van der Waals surface area contributed by atoms with Crippen LogP contribution in [0.25, 0.3) is 0 Å². The summed E-state index contributed by atoms with van der Waals surface area (Å²) in [5.41, 5.74) is 4.88. The Morgan fingerprint density at radius 2 is 1.68 bits per heavy atom. The number of hydrogen-bond donors (Lipinski definition) is 0. The summed E-state index contributed by atoms with van der Waals surface area (Å²) in [6.07, 6.45) is 1.96. The molecular formula is C25H28NOP. The van der Waals surface area contributed by atoms with Gasteiger partial charge in [0.1, 0.15) is 12.4 Å². The molecule has 0 aliphatic carbocycles. The van der Waals surface area contributed by atoms with Gasteiger partial charge in [0.2, 0.25) is 0 Å². The van der Waals surface area contributed by atoms with Gasteiger partial charge in [-0.05, 0) is 35.5 Å². The first kappa shape index (κ1) is 20.3. The van der Waals surface area contributed by atoms with Crippen molar-refractivity contribution in [3.63, 3.8) is 0 Å². The van der Waals surface area contributed by atoms with Gasteiger partial charge >= 0.3 is 0 Å². The average molecular weight is 389 g/mol. The summed E-state index contributed by atoms with van der Waals surface area (Å²) < 4.78 is 6.22. The normalized spacial score (nSPS) is 12.1. The minimum atomic E-state index is -0.0428. The molecule has 0 radical (unpaired) electrons. The van der Waals surface area contributed by atoms with Gasteiger partial charge in [0.15, 0.2) is 0 Å². The fourth-order valence-electron chi connectivity index (χ4n) is 3.29. The van der Waals surface area contributed by atoms with Crippen LogP contribution in [-0.4, -0.2) is 13.3 Å². The highest BCUT2D eigenvalue weighted by Gasteiger charge is 2.26. The Labute approximate surface area is 170 Å². The van der Waals surface area contributed by atoms with Crippen LogP contribution in [0.4, 0.5) is 0 Å². The molecular weight excluding hydrogens is 361 g/mol. The largest absolute Gasteiger partial charge is 0.489 e. The quantitative estimate of drug-likeness (QED) is 0.366. The van der Waals surface area contributed by atoms with E-state index in [-0.39, 0.29) is 5.16 Å². The molecule has 0 saturated heterocycles. The molecule has 0 aromatic heterocycles. The number of rotatable bonds is 7. The zero-order chi connectivity index (χ0) is 20.0. The lowest BCUT2D eigenvalue weighted by Crippen LogP contribution is -2.18. The van der Waals surface area contributed by atoms with Crippen LogP contribution in [-0.2, 0) is 11.8 Å². The van der Waals surface area contributed by atoms with Gasteiger partial charge in [-0.3, -0.25) is 4.99 Å². The predicted molar refractivity (Wildman–Crippen MR) is 123 cm³/mol. The molecule has 2 nitrogen and oxygen atoms in total. The number of benzene rings is 3. The summed E-state index contributed by atoms with van der Waals surface area (Å²) in [7, 11) is 2.44. The van der Waals surface area contributed by atoms with Crippen molar-refractivity contribution in [3.8, 4) is 5.75 Å². The number of nitrogens with zero attached hydrogens (tertiary/aromatic N) is 1. The van der Waals surface area contributed by atoms with Crippen molar-refractivity contribution >= 4 is 20.1 Å². The molecule has 3 rings (SSSR count). The van der Waals surface area contributed by atoms with E-state index in [0.717, 1.165) is 5.75 Å². The van der Waals surface area contributed by atoms with Crippen LogP contribution < -0.4 is 10.0 Å². The van der Waals surface area contributed by atoms with E-state index in [0.29, 0.717) is 15.2 Å². The SMILES string of the molecule is C/N=C/c1cc(C)ccc1PC(C)(C)c1ccccc1OCc1ccccc1. The molecule has 0 heterocycles. The van der Waals surface area contributed by atoms with Crippen molar-refractivity contribution in [2.45, 2.75) is 32.5 Å². The minimum Gasteiger partial charge on any atom is -0.489 e. The second-order valence-corrected chi connectivity index (χ2v) is 9.54. The van der Waals surface area contributed by atoms with Crippen LogP contribution in [0.2, 0.25) is 0 Å². The zero-order valence-corrected chi connectivity index (χ0v) is 18.1. The summed E-state index contributed by atoms with van der Waals surface area (Å²) in [5, 5.41) is 1.29. The molecule has 3 heteroatoms. The molecule has 0 fully saturated rings. The highest BCUT2D eigenvalue weighted by atomic mass is 31.1. The molecule has 1 unspecified atom stereocenters. The molecule has 0 spiro atoms. The van der Waals surface area contributed by atoms with Crippen LogP contribution in [0.3, 0.4) is 0 Å². The molecule has 0 aliphatic heterocycles. The summed E-state index contributed by atoms with van der Waals surface area (Å²) in [6.45, 7) is 7.29. The highest BCUT2D eigenvalue weighted by molar-refractivity contribution is 7.48. The molecule has 0 amide bonds. The maximum Gasteiger partial charge on any atom is 0.123 e. The third-order valence-corrected chi connectivity index (χ3v) is 6.34. The first-order chi connectivity index (χ1) is 13.5. The summed E-state index contributed by atoms with van der Waals surface area (Å²) in [6, 6.07) is 25.4. The van der Waals surface area contributed by atoms with Crippen LogP contribution >= 0.6 is 8.58 Å². The van der Waals surface area contributed by atoms with E-state index in [1.54, 1.807) is 0 Å². The predicted octanol–water partition coefficient (Wildman–Crippen LogP) is 5.86. The van der Waals surface area contributed by atoms with Crippen LogP contribution in [0.15, 0.2) is 77.8 Å². The first-order valence-corrected chi connectivity index (χ1v) is 10.6. The molecule has 3 aromatic carbocycles. The molecule has 144 valence electrons. The van der Waals surface area contributed by atoms with E-state index in [2.05, 4.69) is 74.3 Å². The molecule has 0 aliphatic rings. The number of hydrogen-bond acceptors (Lipinski definition) is 2.